The molecule has 1 unspecified atom stereocenters. The van der Waals surface area contributed by atoms with Gasteiger partial charge in [-0.25, -0.2) is 0 Å². The molecule has 0 spiro atoms. The van der Waals surface area contributed by atoms with Crippen molar-refractivity contribution < 1.29 is 0 Å². The van der Waals surface area contributed by atoms with Crippen LogP contribution in [0.5, 0.6) is 0 Å². The summed E-state index contributed by atoms with van der Waals surface area (Å²) < 4.78 is 0. The van der Waals surface area contributed by atoms with Gasteiger partial charge in [-0.15, -0.1) is 0 Å². The molecule has 0 radical (unpaired) electrons. The van der Waals surface area contributed by atoms with E-state index in [4.69, 9.17) is 11.6 Å². The van der Waals surface area contributed by atoms with E-state index in [9.17, 15) is 0 Å². The minimum Gasteiger partial charge on any atom is -0.380 e. The Labute approximate surface area is 96.0 Å². The highest BCUT2D eigenvalue weighted by molar-refractivity contribution is 6.33. The molecule has 0 aliphatic carbocycles. The third-order valence-corrected chi connectivity index (χ3v) is 3.11. The van der Waals surface area contributed by atoms with Crippen LogP contribution in [0.15, 0.2) is 18.2 Å². The second-order valence-electron chi connectivity index (χ2n) is 4.17. The van der Waals surface area contributed by atoms with Crippen LogP contribution in [-0.2, 0) is 0 Å². The summed E-state index contributed by atoms with van der Waals surface area (Å²) in [5.41, 5.74) is 2.30. The second kappa shape index (κ2) is 4.86. The van der Waals surface area contributed by atoms with E-state index >= 15 is 0 Å². The molecule has 1 heterocycles. The zero-order valence-corrected chi connectivity index (χ0v) is 9.77. The zero-order chi connectivity index (χ0) is 10.7. The van der Waals surface area contributed by atoms with Crippen molar-refractivity contribution in [3.8, 4) is 0 Å². The molecule has 1 atom stereocenters. The molecule has 2 N–H and O–H groups in total. The van der Waals surface area contributed by atoms with Crippen LogP contribution in [0.2, 0.25) is 5.02 Å². The van der Waals surface area contributed by atoms with Crippen molar-refractivity contribution in [1.82, 2.24) is 5.32 Å². The lowest BCUT2D eigenvalue weighted by Gasteiger charge is -2.25. The quantitative estimate of drug-likeness (QED) is 0.808. The SMILES string of the molecule is Cc1ccc(Cl)c(NC2CCCNC2)c1. The van der Waals surface area contributed by atoms with E-state index in [1.54, 1.807) is 0 Å². The predicted molar refractivity (Wildman–Crippen MR) is 65.7 cm³/mol. The van der Waals surface area contributed by atoms with E-state index in [0.717, 1.165) is 23.8 Å². The van der Waals surface area contributed by atoms with Crippen molar-refractivity contribution in [2.45, 2.75) is 25.8 Å². The standard InChI is InChI=1S/C12H17ClN2/c1-9-4-5-11(13)12(7-9)15-10-3-2-6-14-8-10/h4-5,7,10,14-15H,2-3,6,8H2,1H3. The van der Waals surface area contributed by atoms with Crippen LogP contribution in [0, 0.1) is 6.92 Å². The largest absolute Gasteiger partial charge is 0.380 e. The average molecular weight is 225 g/mol. The van der Waals surface area contributed by atoms with Crippen LogP contribution in [-0.4, -0.2) is 19.1 Å². The van der Waals surface area contributed by atoms with Crippen LogP contribution >= 0.6 is 11.6 Å². The molecule has 0 saturated carbocycles. The molecule has 0 amide bonds. The van der Waals surface area contributed by atoms with Gasteiger partial charge in [0.15, 0.2) is 0 Å². The van der Waals surface area contributed by atoms with Gasteiger partial charge in [0.25, 0.3) is 0 Å². The van der Waals surface area contributed by atoms with Gasteiger partial charge >= 0.3 is 0 Å². The van der Waals surface area contributed by atoms with Gasteiger partial charge in [-0.05, 0) is 44.0 Å². The van der Waals surface area contributed by atoms with Gasteiger partial charge in [0, 0.05) is 12.6 Å². The van der Waals surface area contributed by atoms with E-state index in [1.807, 2.05) is 12.1 Å². The molecule has 1 aliphatic rings. The lowest BCUT2D eigenvalue weighted by Crippen LogP contribution is -2.38. The summed E-state index contributed by atoms with van der Waals surface area (Å²) in [6, 6.07) is 6.61. The Morgan fingerprint density at radius 2 is 2.33 bits per heavy atom. The van der Waals surface area contributed by atoms with E-state index in [-0.39, 0.29) is 0 Å². The first kappa shape index (κ1) is 10.8. The third-order valence-electron chi connectivity index (χ3n) is 2.78. The Balaban J connectivity index is 2.05. The molecule has 1 saturated heterocycles. The number of hydrogen-bond acceptors (Lipinski definition) is 2. The second-order valence-corrected chi connectivity index (χ2v) is 4.58. The normalized spacial score (nSPS) is 21.3. The fourth-order valence-corrected chi connectivity index (χ4v) is 2.12. The number of aryl methyl sites for hydroxylation is 1. The summed E-state index contributed by atoms with van der Waals surface area (Å²) in [6.07, 6.45) is 2.46. The Kier molecular flexibility index (Phi) is 3.49. The first-order chi connectivity index (χ1) is 7.25. The number of anilines is 1. The lowest BCUT2D eigenvalue weighted by molar-refractivity contribution is 0.480. The van der Waals surface area contributed by atoms with Crippen LogP contribution < -0.4 is 10.6 Å². The molecular formula is C12H17ClN2. The van der Waals surface area contributed by atoms with Gasteiger partial charge < -0.3 is 10.6 Å². The molecule has 0 aromatic heterocycles. The molecule has 3 heteroatoms. The average Bonchev–Trinajstić information content (AvgIpc) is 2.25. The summed E-state index contributed by atoms with van der Waals surface area (Å²) in [4.78, 5) is 0. The number of hydrogen-bond donors (Lipinski definition) is 2. The Morgan fingerprint density at radius 1 is 1.47 bits per heavy atom. The Morgan fingerprint density at radius 3 is 3.07 bits per heavy atom. The summed E-state index contributed by atoms with van der Waals surface area (Å²) in [7, 11) is 0. The van der Waals surface area contributed by atoms with Crippen molar-refractivity contribution in [2.24, 2.45) is 0 Å². The smallest absolute Gasteiger partial charge is 0.0637 e. The monoisotopic (exact) mass is 224 g/mol. The fraction of sp³-hybridized carbons (Fsp3) is 0.500. The van der Waals surface area contributed by atoms with Crippen molar-refractivity contribution in [3.05, 3.63) is 28.8 Å². The summed E-state index contributed by atoms with van der Waals surface area (Å²) in [5, 5.41) is 7.69. The number of nitrogens with one attached hydrogen (secondary N) is 2. The molecule has 15 heavy (non-hydrogen) atoms. The predicted octanol–water partition coefficient (Wildman–Crippen LogP) is 2.81. The van der Waals surface area contributed by atoms with Gasteiger partial charge in [0.2, 0.25) is 0 Å². The number of halogens is 1. The van der Waals surface area contributed by atoms with Crippen molar-refractivity contribution in [2.75, 3.05) is 18.4 Å². The third kappa shape index (κ3) is 2.86. The fourth-order valence-electron chi connectivity index (χ4n) is 1.94. The molecule has 1 aromatic rings. The minimum absolute atomic E-state index is 0.512. The molecule has 1 aliphatic heterocycles. The Hall–Kier alpha value is -0.730. The molecule has 82 valence electrons. The molecule has 2 rings (SSSR count). The first-order valence-electron chi connectivity index (χ1n) is 5.49. The van der Waals surface area contributed by atoms with Gasteiger partial charge in [0.05, 0.1) is 10.7 Å². The van der Waals surface area contributed by atoms with Crippen LogP contribution in [0.25, 0.3) is 0 Å². The number of benzene rings is 1. The maximum absolute atomic E-state index is 6.13. The van der Waals surface area contributed by atoms with Crippen molar-refractivity contribution >= 4 is 17.3 Å². The highest BCUT2D eigenvalue weighted by Gasteiger charge is 2.13. The van der Waals surface area contributed by atoms with E-state index in [1.165, 1.54) is 18.4 Å². The van der Waals surface area contributed by atoms with Crippen molar-refractivity contribution in [3.63, 3.8) is 0 Å². The number of rotatable bonds is 2. The molecular weight excluding hydrogens is 208 g/mol. The van der Waals surface area contributed by atoms with Crippen molar-refractivity contribution in [1.29, 1.82) is 0 Å². The van der Waals surface area contributed by atoms with E-state index < -0.39 is 0 Å². The van der Waals surface area contributed by atoms with Gasteiger partial charge in [-0.3, -0.25) is 0 Å². The highest BCUT2D eigenvalue weighted by Crippen LogP contribution is 2.24. The number of piperidine rings is 1. The highest BCUT2D eigenvalue weighted by atomic mass is 35.5. The lowest BCUT2D eigenvalue weighted by atomic mass is 10.1. The summed E-state index contributed by atoms with van der Waals surface area (Å²) in [6.45, 7) is 4.25. The first-order valence-corrected chi connectivity index (χ1v) is 5.87. The summed E-state index contributed by atoms with van der Waals surface area (Å²) >= 11 is 6.13. The minimum atomic E-state index is 0.512. The maximum Gasteiger partial charge on any atom is 0.0637 e. The zero-order valence-electron chi connectivity index (χ0n) is 9.02. The Bertz CT molecular complexity index is 332. The topological polar surface area (TPSA) is 24.1 Å². The van der Waals surface area contributed by atoms with Gasteiger partial charge in [-0.2, -0.15) is 0 Å². The van der Waals surface area contributed by atoms with Gasteiger partial charge in [0.1, 0.15) is 0 Å². The maximum atomic E-state index is 6.13. The van der Waals surface area contributed by atoms with Crippen LogP contribution in [0.1, 0.15) is 18.4 Å². The van der Waals surface area contributed by atoms with E-state index in [2.05, 4.69) is 23.6 Å². The molecule has 2 nitrogen and oxygen atoms in total. The molecule has 1 aromatic carbocycles. The van der Waals surface area contributed by atoms with Gasteiger partial charge in [-0.1, -0.05) is 17.7 Å². The van der Waals surface area contributed by atoms with Crippen LogP contribution in [0.4, 0.5) is 5.69 Å². The van der Waals surface area contributed by atoms with E-state index in [0.29, 0.717) is 6.04 Å². The summed E-state index contributed by atoms with van der Waals surface area (Å²) in [5.74, 6) is 0. The van der Waals surface area contributed by atoms with Crippen LogP contribution in [0.3, 0.4) is 0 Å². The molecule has 0 bridgehead atoms. The molecule has 1 fully saturated rings.